The van der Waals surface area contributed by atoms with E-state index in [0.29, 0.717) is 0 Å². The Balaban J connectivity index is 4.34. The molecule has 0 aromatic carbocycles. The fraction of sp³-hybridized carbons (Fsp3) is 0.600. The van der Waals surface area contributed by atoms with Crippen LogP contribution in [0, 0.1) is 0 Å². The largest absolute Gasteiger partial charge is 0.347 e. The SMILES string of the molecule is CC(=O)CC(=O)C(=O)N(C)CC(=O)N(C)C. The Kier molecular flexibility index (Phi) is 5.35. The Labute approximate surface area is 94.2 Å². The lowest BCUT2D eigenvalue weighted by Gasteiger charge is -2.18. The molecular weight excluding hydrogens is 212 g/mol. The molecule has 0 aliphatic heterocycles. The Morgan fingerprint density at radius 2 is 1.50 bits per heavy atom. The molecule has 6 nitrogen and oxygen atoms in total. The van der Waals surface area contributed by atoms with Gasteiger partial charge in [0.25, 0.3) is 5.91 Å². The Morgan fingerprint density at radius 1 is 1.00 bits per heavy atom. The van der Waals surface area contributed by atoms with Crippen LogP contribution in [0.2, 0.25) is 0 Å². The second-order valence-electron chi connectivity index (χ2n) is 3.75. The summed E-state index contributed by atoms with van der Waals surface area (Å²) in [6, 6.07) is 0. The predicted molar refractivity (Wildman–Crippen MR) is 56.6 cm³/mol. The van der Waals surface area contributed by atoms with Crippen molar-refractivity contribution in [1.82, 2.24) is 9.80 Å². The van der Waals surface area contributed by atoms with Crippen molar-refractivity contribution in [1.29, 1.82) is 0 Å². The smallest absolute Gasteiger partial charge is 0.290 e. The Bertz CT molecular complexity index is 323. The van der Waals surface area contributed by atoms with Crippen LogP contribution in [-0.4, -0.2) is 60.9 Å². The standard InChI is InChI=1S/C10H16N2O4/c1-7(13)5-8(14)10(16)12(4)6-9(15)11(2)3/h5-6H2,1-4H3. The maximum Gasteiger partial charge on any atom is 0.290 e. The van der Waals surface area contributed by atoms with E-state index in [9.17, 15) is 19.2 Å². The minimum atomic E-state index is -0.814. The van der Waals surface area contributed by atoms with Gasteiger partial charge in [-0.15, -0.1) is 0 Å². The summed E-state index contributed by atoms with van der Waals surface area (Å²) in [5.74, 6) is -2.26. The Morgan fingerprint density at radius 3 is 1.88 bits per heavy atom. The predicted octanol–water partition coefficient (Wildman–Crippen LogP) is -0.919. The van der Waals surface area contributed by atoms with Crippen molar-refractivity contribution in [3.63, 3.8) is 0 Å². The summed E-state index contributed by atoms with van der Waals surface area (Å²) in [5.41, 5.74) is 0. The van der Waals surface area contributed by atoms with Gasteiger partial charge in [-0.3, -0.25) is 19.2 Å². The number of rotatable bonds is 5. The lowest BCUT2D eigenvalue weighted by atomic mass is 10.2. The molecule has 0 aliphatic rings. The molecule has 90 valence electrons. The summed E-state index contributed by atoms with van der Waals surface area (Å²) in [7, 11) is 4.46. The van der Waals surface area contributed by atoms with Crippen molar-refractivity contribution >= 4 is 23.4 Å². The maximum absolute atomic E-state index is 11.4. The van der Waals surface area contributed by atoms with Crippen LogP contribution in [0.5, 0.6) is 0 Å². The van der Waals surface area contributed by atoms with E-state index in [2.05, 4.69) is 0 Å². The van der Waals surface area contributed by atoms with Crippen molar-refractivity contribution in [2.45, 2.75) is 13.3 Å². The van der Waals surface area contributed by atoms with Crippen molar-refractivity contribution in [3.8, 4) is 0 Å². The second kappa shape index (κ2) is 5.99. The van der Waals surface area contributed by atoms with Crippen LogP contribution in [-0.2, 0) is 19.2 Å². The monoisotopic (exact) mass is 228 g/mol. The molecule has 0 atom stereocenters. The minimum absolute atomic E-state index is 0.171. The quantitative estimate of drug-likeness (QED) is 0.450. The van der Waals surface area contributed by atoms with Gasteiger partial charge >= 0.3 is 0 Å². The van der Waals surface area contributed by atoms with Gasteiger partial charge in [-0.2, -0.15) is 0 Å². The van der Waals surface area contributed by atoms with E-state index in [1.165, 1.54) is 18.9 Å². The van der Waals surface area contributed by atoms with E-state index >= 15 is 0 Å². The summed E-state index contributed by atoms with van der Waals surface area (Å²) in [6.45, 7) is 1.06. The first-order valence-corrected chi connectivity index (χ1v) is 4.73. The number of carbonyl (C=O) groups is 4. The first kappa shape index (κ1) is 14.3. The molecule has 0 aromatic rings. The van der Waals surface area contributed by atoms with Crippen LogP contribution >= 0.6 is 0 Å². The average molecular weight is 228 g/mol. The molecule has 0 saturated carbocycles. The first-order valence-electron chi connectivity index (χ1n) is 4.73. The van der Waals surface area contributed by atoms with Gasteiger partial charge in [-0.05, 0) is 6.92 Å². The van der Waals surface area contributed by atoms with E-state index in [-0.39, 0.29) is 18.2 Å². The molecule has 0 aromatic heterocycles. The second-order valence-corrected chi connectivity index (χ2v) is 3.75. The zero-order chi connectivity index (χ0) is 12.9. The van der Waals surface area contributed by atoms with Gasteiger partial charge in [0.15, 0.2) is 0 Å². The zero-order valence-corrected chi connectivity index (χ0v) is 9.94. The highest BCUT2D eigenvalue weighted by Crippen LogP contribution is 1.94. The lowest BCUT2D eigenvalue weighted by Crippen LogP contribution is -2.41. The summed E-state index contributed by atoms with van der Waals surface area (Å²) in [5, 5.41) is 0. The third kappa shape index (κ3) is 4.68. The molecule has 2 amide bonds. The molecule has 0 radical (unpaired) electrons. The summed E-state index contributed by atoms with van der Waals surface area (Å²) < 4.78 is 0. The van der Waals surface area contributed by atoms with E-state index in [4.69, 9.17) is 0 Å². The number of carbonyl (C=O) groups excluding carboxylic acids is 4. The van der Waals surface area contributed by atoms with E-state index in [0.717, 1.165) is 4.90 Å². The minimum Gasteiger partial charge on any atom is -0.347 e. The molecule has 16 heavy (non-hydrogen) atoms. The van der Waals surface area contributed by atoms with Crippen LogP contribution in [0.3, 0.4) is 0 Å². The molecule has 6 heteroatoms. The number of likely N-dealkylation sites (N-methyl/N-ethyl adjacent to an activating group) is 2. The van der Waals surface area contributed by atoms with Crippen molar-refractivity contribution in [2.24, 2.45) is 0 Å². The molecule has 0 saturated heterocycles. The third-order valence-electron chi connectivity index (χ3n) is 1.87. The van der Waals surface area contributed by atoms with Crippen LogP contribution in [0.1, 0.15) is 13.3 Å². The fourth-order valence-corrected chi connectivity index (χ4v) is 0.931. The molecule has 0 rings (SSSR count). The molecule has 0 heterocycles. The number of Topliss-reactive ketones (excluding diaryl/α,β-unsaturated/α-hetero) is 2. The normalized spacial score (nSPS) is 9.50. The van der Waals surface area contributed by atoms with Crippen molar-refractivity contribution in [3.05, 3.63) is 0 Å². The maximum atomic E-state index is 11.4. The number of amides is 2. The molecular formula is C10H16N2O4. The van der Waals surface area contributed by atoms with Gasteiger partial charge in [0.1, 0.15) is 5.78 Å². The summed E-state index contributed by atoms with van der Waals surface area (Å²) in [6.07, 6.45) is -0.417. The summed E-state index contributed by atoms with van der Waals surface area (Å²) in [4.78, 5) is 46.8. The van der Waals surface area contributed by atoms with Crippen LogP contribution in [0.25, 0.3) is 0 Å². The molecule has 0 aliphatic carbocycles. The van der Waals surface area contributed by atoms with Crippen LogP contribution in [0.15, 0.2) is 0 Å². The number of hydrogen-bond donors (Lipinski definition) is 0. The molecule has 0 spiro atoms. The highest BCUT2D eigenvalue weighted by Gasteiger charge is 2.21. The highest BCUT2D eigenvalue weighted by molar-refractivity contribution is 6.39. The van der Waals surface area contributed by atoms with Gasteiger partial charge < -0.3 is 9.80 Å². The first-order chi connectivity index (χ1) is 7.25. The lowest BCUT2D eigenvalue weighted by molar-refractivity contribution is -0.147. The van der Waals surface area contributed by atoms with Gasteiger partial charge in [0.05, 0.1) is 13.0 Å². The van der Waals surface area contributed by atoms with Crippen LogP contribution < -0.4 is 0 Å². The van der Waals surface area contributed by atoms with Crippen LogP contribution in [0.4, 0.5) is 0 Å². The highest BCUT2D eigenvalue weighted by atomic mass is 16.2. The third-order valence-corrected chi connectivity index (χ3v) is 1.87. The topological polar surface area (TPSA) is 74.8 Å². The summed E-state index contributed by atoms with van der Waals surface area (Å²) >= 11 is 0. The van der Waals surface area contributed by atoms with Gasteiger partial charge in [0, 0.05) is 21.1 Å². The van der Waals surface area contributed by atoms with Crippen molar-refractivity contribution in [2.75, 3.05) is 27.7 Å². The fourth-order valence-electron chi connectivity index (χ4n) is 0.931. The molecule has 0 N–H and O–H groups in total. The average Bonchev–Trinajstić information content (AvgIpc) is 2.14. The number of ketones is 2. The number of nitrogens with zero attached hydrogens (tertiary/aromatic N) is 2. The number of hydrogen-bond acceptors (Lipinski definition) is 4. The zero-order valence-electron chi connectivity index (χ0n) is 9.94. The van der Waals surface area contributed by atoms with Crippen molar-refractivity contribution < 1.29 is 19.2 Å². The Hall–Kier alpha value is -1.72. The van der Waals surface area contributed by atoms with Gasteiger partial charge in [-0.1, -0.05) is 0 Å². The van der Waals surface area contributed by atoms with E-state index in [1.54, 1.807) is 14.1 Å². The van der Waals surface area contributed by atoms with E-state index in [1.807, 2.05) is 0 Å². The molecule has 0 unspecified atom stereocenters. The van der Waals surface area contributed by atoms with E-state index < -0.39 is 18.1 Å². The van der Waals surface area contributed by atoms with Gasteiger partial charge in [-0.25, -0.2) is 0 Å². The molecule has 0 bridgehead atoms. The molecule has 0 fully saturated rings. The van der Waals surface area contributed by atoms with Gasteiger partial charge in [0.2, 0.25) is 11.7 Å².